The molecule has 0 radical (unpaired) electrons. The molecule has 0 saturated carbocycles. The Morgan fingerprint density at radius 2 is 2.05 bits per heavy atom. The second-order valence-electron chi connectivity index (χ2n) is 4.47. The summed E-state index contributed by atoms with van der Waals surface area (Å²) >= 11 is 5.33. The first-order chi connectivity index (χ1) is 10.2. The van der Waals surface area contributed by atoms with Crippen molar-refractivity contribution in [3.8, 4) is 5.75 Å². The van der Waals surface area contributed by atoms with E-state index in [1.165, 1.54) is 4.90 Å². The van der Waals surface area contributed by atoms with Crippen LogP contribution >= 0.6 is 27.7 Å². The minimum Gasteiger partial charge on any atom is -0.494 e. The van der Waals surface area contributed by atoms with Gasteiger partial charge in [0.15, 0.2) is 0 Å². The van der Waals surface area contributed by atoms with Gasteiger partial charge in [-0.05, 0) is 52.7 Å². The van der Waals surface area contributed by atoms with Crippen molar-refractivity contribution >= 4 is 27.7 Å². The van der Waals surface area contributed by atoms with Gasteiger partial charge < -0.3 is 4.74 Å². The third kappa shape index (κ3) is 4.74. The number of hydrazine groups is 1. The average Bonchev–Trinajstić information content (AvgIpc) is 2.50. The standard InChI is InChI=1S/C16H19BrN2OS/c1-2-20-13-7-5-6-12(10-13)15(19-18)11-21-16-9-4-3-8-14(16)17/h3-10,15,19H,2,11,18H2,1H3. The third-order valence-corrected chi connectivity index (χ3v) is 5.14. The molecule has 0 saturated heterocycles. The predicted molar refractivity (Wildman–Crippen MR) is 92.5 cm³/mol. The van der Waals surface area contributed by atoms with Gasteiger partial charge in [-0.3, -0.25) is 11.3 Å². The van der Waals surface area contributed by atoms with E-state index in [0.29, 0.717) is 6.61 Å². The number of nitrogens with two attached hydrogens (primary N) is 1. The summed E-state index contributed by atoms with van der Waals surface area (Å²) in [5.74, 6) is 7.43. The molecule has 0 aliphatic rings. The number of rotatable bonds is 7. The number of hydrogen-bond donors (Lipinski definition) is 2. The molecule has 112 valence electrons. The Morgan fingerprint density at radius 3 is 2.76 bits per heavy atom. The molecule has 1 unspecified atom stereocenters. The lowest BCUT2D eigenvalue weighted by molar-refractivity contribution is 0.339. The third-order valence-electron chi connectivity index (χ3n) is 3.01. The Bertz CT molecular complexity index is 580. The van der Waals surface area contributed by atoms with E-state index in [4.69, 9.17) is 10.6 Å². The summed E-state index contributed by atoms with van der Waals surface area (Å²) in [4.78, 5) is 1.21. The molecule has 2 rings (SSSR count). The normalized spacial score (nSPS) is 12.1. The summed E-state index contributed by atoms with van der Waals surface area (Å²) in [6.45, 7) is 2.64. The molecule has 2 aromatic carbocycles. The van der Waals surface area contributed by atoms with Gasteiger partial charge in [0.05, 0.1) is 12.6 Å². The van der Waals surface area contributed by atoms with Crippen molar-refractivity contribution in [1.82, 2.24) is 5.43 Å². The fourth-order valence-electron chi connectivity index (χ4n) is 1.96. The maximum atomic E-state index is 5.72. The fraction of sp³-hybridized carbons (Fsp3) is 0.250. The number of hydrogen-bond acceptors (Lipinski definition) is 4. The van der Waals surface area contributed by atoms with E-state index >= 15 is 0 Å². The van der Waals surface area contributed by atoms with E-state index in [0.717, 1.165) is 21.5 Å². The average molecular weight is 367 g/mol. The van der Waals surface area contributed by atoms with Crippen molar-refractivity contribution in [3.05, 3.63) is 58.6 Å². The highest BCUT2D eigenvalue weighted by atomic mass is 79.9. The fourth-order valence-corrected chi connectivity index (χ4v) is 3.61. The molecular formula is C16H19BrN2OS. The first-order valence-corrected chi connectivity index (χ1v) is 8.58. The predicted octanol–water partition coefficient (Wildman–Crippen LogP) is 4.14. The lowest BCUT2D eigenvalue weighted by Gasteiger charge is -2.17. The minimum absolute atomic E-state index is 0.0718. The van der Waals surface area contributed by atoms with Crippen LogP contribution in [0, 0.1) is 0 Å². The van der Waals surface area contributed by atoms with Crippen LogP contribution in [0.3, 0.4) is 0 Å². The lowest BCUT2D eigenvalue weighted by atomic mass is 10.1. The molecule has 3 nitrogen and oxygen atoms in total. The minimum atomic E-state index is 0.0718. The van der Waals surface area contributed by atoms with Gasteiger partial charge in [-0.1, -0.05) is 24.3 Å². The van der Waals surface area contributed by atoms with Gasteiger partial charge >= 0.3 is 0 Å². The molecule has 0 spiro atoms. The highest BCUT2D eigenvalue weighted by molar-refractivity contribution is 9.10. The number of thioether (sulfide) groups is 1. The smallest absolute Gasteiger partial charge is 0.119 e. The summed E-state index contributed by atoms with van der Waals surface area (Å²) < 4.78 is 6.65. The van der Waals surface area contributed by atoms with Crippen molar-refractivity contribution in [1.29, 1.82) is 0 Å². The molecule has 0 bridgehead atoms. The number of halogens is 1. The second kappa shape index (κ2) is 8.44. The van der Waals surface area contributed by atoms with Crippen LogP contribution in [0.25, 0.3) is 0 Å². The summed E-state index contributed by atoms with van der Waals surface area (Å²) in [7, 11) is 0. The van der Waals surface area contributed by atoms with Gasteiger partial charge in [0, 0.05) is 15.1 Å². The first-order valence-electron chi connectivity index (χ1n) is 6.80. The molecule has 21 heavy (non-hydrogen) atoms. The Labute approximate surface area is 138 Å². The summed E-state index contributed by atoms with van der Waals surface area (Å²) in [5, 5.41) is 0. The number of ether oxygens (including phenoxy) is 1. The maximum absolute atomic E-state index is 5.72. The van der Waals surface area contributed by atoms with Crippen molar-refractivity contribution in [2.45, 2.75) is 17.9 Å². The second-order valence-corrected chi connectivity index (χ2v) is 6.38. The molecule has 5 heteroatoms. The first kappa shape index (κ1) is 16.4. The van der Waals surface area contributed by atoms with E-state index in [9.17, 15) is 0 Å². The van der Waals surface area contributed by atoms with E-state index in [2.05, 4.69) is 33.5 Å². The maximum Gasteiger partial charge on any atom is 0.119 e. The topological polar surface area (TPSA) is 47.3 Å². The van der Waals surface area contributed by atoms with Gasteiger partial charge in [-0.15, -0.1) is 11.8 Å². The van der Waals surface area contributed by atoms with Crippen molar-refractivity contribution in [2.75, 3.05) is 12.4 Å². The Kier molecular flexibility index (Phi) is 6.57. The molecule has 0 heterocycles. The molecule has 0 aliphatic carbocycles. The molecule has 0 amide bonds. The Morgan fingerprint density at radius 1 is 1.24 bits per heavy atom. The Hall–Kier alpha value is -1.01. The molecule has 0 aromatic heterocycles. The summed E-state index contributed by atoms with van der Waals surface area (Å²) in [6.07, 6.45) is 0. The Balaban J connectivity index is 2.06. The lowest BCUT2D eigenvalue weighted by Crippen LogP contribution is -2.29. The van der Waals surface area contributed by atoms with Crippen LogP contribution in [0.2, 0.25) is 0 Å². The highest BCUT2D eigenvalue weighted by Gasteiger charge is 2.12. The van der Waals surface area contributed by atoms with Crippen molar-refractivity contribution < 1.29 is 4.74 Å². The van der Waals surface area contributed by atoms with E-state index in [1.54, 1.807) is 11.8 Å². The van der Waals surface area contributed by atoms with Gasteiger partial charge in [0.2, 0.25) is 0 Å². The van der Waals surface area contributed by atoms with Crippen LogP contribution in [-0.4, -0.2) is 12.4 Å². The molecule has 1 atom stereocenters. The molecule has 0 fully saturated rings. The van der Waals surface area contributed by atoms with Crippen LogP contribution in [-0.2, 0) is 0 Å². The van der Waals surface area contributed by atoms with Gasteiger partial charge in [-0.2, -0.15) is 0 Å². The van der Waals surface area contributed by atoms with E-state index in [-0.39, 0.29) is 6.04 Å². The van der Waals surface area contributed by atoms with Gasteiger partial charge in [-0.25, -0.2) is 0 Å². The zero-order valence-corrected chi connectivity index (χ0v) is 14.3. The zero-order chi connectivity index (χ0) is 15.1. The van der Waals surface area contributed by atoms with Crippen LogP contribution in [0.4, 0.5) is 0 Å². The van der Waals surface area contributed by atoms with Crippen LogP contribution in [0.5, 0.6) is 5.75 Å². The molecular weight excluding hydrogens is 348 g/mol. The van der Waals surface area contributed by atoms with E-state index < -0.39 is 0 Å². The number of nitrogens with one attached hydrogen (secondary N) is 1. The molecule has 3 N–H and O–H groups in total. The largest absolute Gasteiger partial charge is 0.494 e. The summed E-state index contributed by atoms with van der Waals surface area (Å²) in [5.41, 5.74) is 4.01. The van der Waals surface area contributed by atoms with Crippen LogP contribution in [0.1, 0.15) is 18.5 Å². The SMILES string of the molecule is CCOc1cccc(C(CSc2ccccc2Br)NN)c1. The van der Waals surface area contributed by atoms with E-state index in [1.807, 2.05) is 43.3 Å². The summed E-state index contributed by atoms with van der Waals surface area (Å²) in [6, 6.07) is 16.3. The monoisotopic (exact) mass is 366 g/mol. The number of benzene rings is 2. The van der Waals surface area contributed by atoms with Crippen LogP contribution < -0.4 is 16.0 Å². The zero-order valence-electron chi connectivity index (χ0n) is 11.9. The van der Waals surface area contributed by atoms with Gasteiger partial charge in [0.25, 0.3) is 0 Å². The van der Waals surface area contributed by atoms with Crippen molar-refractivity contribution in [2.24, 2.45) is 5.84 Å². The van der Waals surface area contributed by atoms with Gasteiger partial charge in [0.1, 0.15) is 5.75 Å². The van der Waals surface area contributed by atoms with Crippen LogP contribution in [0.15, 0.2) is 57.9 Å². The molecule has 0 aliphatic heterocycles. The quantitative estimate of drug-likeness (QED) is 0.439. The highest BCUT2D eigenvalue weighted by Crippen LogP contribution is 2.30. The van der Waals surface area contributed by atoms with Crippen molar-refractivity contribution in [3.63, 3.8) is 0 Å². The molecule has 2 aromatic rings.